The van der Waals surface area contributed by atoms with Gasteiger partial charge in [0.15, 0.2) is 0 Å². The zero-order chi connectivity index (χ0) is 17.4. The Hall–Kier alpha value is -2.02. The van der Waals surface area contributed by atoms with Gasteiger partial charge in [-0.05, 0) is 47.2 Å². The van der Waals surface area contributed by atoms with E-state index < -0.39 is 15.8 Å². The summed E-state index contributed by atoms with van der Waals surface area (Å²) in [4.78, 5) is 1.20. The van der Waals surface area contributed by atoms with Gasteiger partial charge >= 0.3 is 0 Å². The van der Waals surface area contributed by atoms with E-state index in [2.05, 4.69) is 0 Å². The fraction of sp³-hybridized carbons (Fsp3) is 0.158. The molecule has 3 nitrogen and oxygen atoms in total. The summed E-state index contributed by atoms with van der Waals surface area (Å²) in [7, 11) is -3.80. The first-order valence-corrected chi connectivity index (χ1v) is 10.3. The molecule has 0 unspecified atom stereocenters. The molecule has 0 spiro atoms. The van der Waals surface area contributed by atoms with Crippen molar-refractivity contribution in [2.24, 2.45) is 0 Å². The van der Waals surface area contributed by atoms with Crippen LogP contribution in [0.3, 0.4) is 0 Å². The quantitative estimate of drug-likeness (QED) is 0.689. The second kappa shape index (κ2) is 6.37. The minimum atomic E-state index is -3.80. The van der Waals surface area contributed by atoms with Gasteiger partial charge in [-0.15, -0.1) is 11.3 Å². The van der Waals surface area contributed by atoms with E-state index in [1.165, 1.54) is 27.4 Å². The molecule has 0 saturated carbocycles. The monoisotopic (exact) mass is 373 g/mol. The van der Waals surface area contributed by atoms with E-state index in [-0.39, 0.29) is 10.9 Å². The van der Waals surface area contributed by atoms with Crippen LogP contribution in [-0.4, -0.2) is 19.3 Å². The van der Waals surface area contributed by atoms with Gasteiger partial charge in [0.1, 0.15) is 5.82 Å². The zero-order valence-corrected chi connectivity index (χ0v) is 14.9. The van der Waals surface area contributed by atoms with Crippen molar-refractivity contribution in [3.63, 3.8) is 0 Å². The van der Waals surface area contributed by atoms with Crippen molar-refractivity contribution < 1.29 is 12.8 Å². The van der Waals surface area contributed by atoms with Crippen molar-refractivity contribution in [3.05, 3.63) is 87.9 Å². The molecule has 128 valence electrons. The molecule has 1 atom stereocenters. The summed E-state index contributed by atoms with van der Waals surface area (Å²) in [5, 5.41) is 2.00. The molecule has 0 amide bonds. The van der Waals surface area contributed by atoms with Crippen molar-refractivity contribution in [1.82, 2.24) is 4.31 Å². The topological polar surface area (TPSA) is 37.4 Å². The van der Waals surface area contributed by atoms with Gasteiger partial charge in [-0.1, -0.05) is 36.4 Å². The van der Waals surface area contributed by atoms with E-state index >= 15 is 0 Å². The van der Waals surface area contributed by atoms with Gasteiger partial charge in [0.2, 0.25) is 10.0 Å². The molecular weight excluding hydrogens is 357 g/mol. The lowest BCUT2D eigenvalue weighted by Crippen LogP contribution is -2.40. The number of hydrogen-bond donors (Lipinski definition) is 0. The predicted molar refractivity (Wildman–Crippen MR) is 96.6 cm³/mol. The maximum Gasteiger partial charge on any atom is 0.244 e. The van der Waals surface area contributed by atoms with Crippen molar-refractivity contribution >= 4 is 21.4 Å². The summed E-state index contributed by atoms with van der Waals surface area (Å²) >= 11 is 1.65. The van der Waals surface area contributed by atoms with E-state index in [4.69, 9.17) is 0 Å². The van der Waals surface area contributed by atoms with Crippen LogP contribution in [0.1, 0.15) is 22.0 Å². The first-order chi connectivity index (χ1) is 12.1. The van der Waals surface area contributed by atoms with Gasteiger partial charge in [0, 0.05) is 11.4 Å². The predicted octanol–water partition coefficient (Wildman–Crippen LogP) is 4.22. The number of benzene rings is 2. The Morgan fingerprint density at radius 1 is 1.04 bits per heavy atom. The summed E-state index contributed by atoms with van der Waals surface area (Å²) in [6, 6.07) is 16.4. The van der Waals surface area contributed by atoms with Crippen LogP contribution in [0.25, 0.3) is 0 Å². The molecule has 0 N–H and O–H groups in total. The number of fused-ring (bicyclic) bond motifs is 1. The van der Waals surface area contributed by atoms with Crippen LogP contribution in [0, 0.1) is 5.82 Å². The molecule has 2 aromatic carbocycles. The highest BCUT2D eigenvalue weighted by Crippen LogP contribution is 2.40. The lowest BCUT2D eigenvalue weighted by Gasteiger charge is -2.35. The molecule has 1 aliphatic rings. The van der Waals surface area contributed by atoms with Crippen LogP contribution >= 0.6 is 11.3 Å². The minimum Gasteiger partial charge on any atom is -0.207 e. The van der Waals surface area contributed by atoms with E-state index in [9.17, 15) is 12.8 Å². The van der Waals surface area contributed by atoms with Crippen LogP contribution in [0.2, 0.25) is 0 Å². The number of hydrogen-bond acceptors (Lipinski definition) is 3. The molecule has 3 aromatic rings. The molecule has 0 aliphatic carbocycles. The van der Waals surface area contributed by atoms with Crippen LogP contribution in [-0.2, 0) is 16.4 Å². The fourth-order valence-electron chi connectivity index (χ4n) is 3.30. The molecule has 1 aromatic heterocycles. The summed E-state index contributed by atoms with van der Waals surface area (Å²) in [5.41, 5.74) is 1.93. The second-order valence-corrected chi connectivity index (χ2v) is 8.83. The molecule has 1 aliphatic heterocycles. The lowest BCUT2D eigenvalue weighted by atomic mass is 9.95. The zero-order valence-electron chi connectivity index (χ0n) is 13.3. The number of halogens is 1. The molecule has 25 heavy (non-hydrogen) atoms. The van der Waals surface area contributed by atoms with Crippen molar-refractivity contribution in [1.29, 1.82) is 0 Å². The normalized spacial score (nSPS) is 18.0. The first kappa shape index (κ1) is 16.4. The molecule has 0 fully saturated rings. The van der Waals surface area contributed by atoms with Crippen molar-refractivity contribution in [3.8, 4) is 0 Å². The molecule has 0 radical (unpaired) electrons. The molecule has 0 saturated heterocycles. The summed E-state index contributed by atoms with van der Waals surface area (Å²) in [6.07, 6.45) is 0.672. The SMILES string of the molecule is O=S(=O)(c1cccc(F)c1)N1CCc2sccc2[C@@H]1c1ccccc1. The maximum atomic E-state index is 13.6. The average Bonchev–Trinajstić information content (AvgIpc) is 3.10. The van der Waals surface area contributed by atoms with Gasteiger partial charge in [0.05, 0.1) is 10.9 Å². The summed E-state index contributed by atoms with van der Waals surface area (Å²) in [6.45, 7) is 0.381. The summed E-state index contributed by atoms with van der Waals surface area (Å²) in [5.74, 6) is -0.550. The van der Waals surface area contributed by atoms with Crippen LogP contribution < -0.4 is 0 Å². The lowest BCUT2D eigenvalue weighted by molar-refractivity contribution is 0.346. The minimum absolute atomic E-state index is 0.00730. The smallest absolute Gasteiger partial charge is 0.207 e. The Morgan fingerprint density at radius 2 is 1.84 bits per heavy atom. The highest BCUT2D eigenvalue weighted by atomic mass is 32.2. The van der Waals surface area contributed by atoms with E-state index in [0.29, 0.717) is 13.0 Å². The van der Waals surface area contributed by atoms with Crippen LogP contribution in [0.15, 0.2) is 70.9 Å². The Balaban J connectivity index is 1.86. The molecule has 2 heterocycles. The third kappa shape index (κ3) is 2.90. The van der Waals surface area contributed by atoms with Gasteiger partial charge < -0.3 is 0 Å². The van der Waals surface area contributed by atoms with Crippen LogP contribution in [0.5, 0.6) is 0 Å². The van der Waals surface area contributed by atoms with E-state index in [1.807, 2.05) is 41.8 Å². The molecule has 0 bridgehead atoms. The highest BCUT2D eigenvalue weighted by Gasteiger charge is 2.37. The van der Waals surface area contributed by atoms with Gasteiger partial charge in [0.25, 0.3) is 0 Å². The van der Waals surface area contributed by atoms with Crippen LogP contribution in [0.4, 0.5) is 4.39 Å². The van der Waals surface area contributed by atoms with E-state index in [1.54, 1.807) is 11.3 Å². The first-order valence-electron chi connectivity index (χ1n) is 7.96. The third-order valence-corrected chi connectivity index (χ3v) is 7.30. The van der Waals surface area contributed by atoms with Crippen molar-refractivity contribution in [2.45, 2.75) is 17.4 Å². The largest absolute Gasteiger partial charge is 0.244 e. The van der Waals surface area contributed by atoms with E-state index in [0.717, 1.165) is 17.2 Å². The Labute approximate surface area is 150 Å². The standard InChI is InChI=1S/C19H16FNO2S2/c20-15-7-4-8-16(13-15)25(22,23)21-11-9-18-17(10-12-24-18)19(21)14-5-2-1-3-6-14/h1-8,10,12-13,19H,9,11H2/t19-/m0/s1. The number of nitrogens with zero attached hydrogens (tertiary/aromatic N) is 1. The number of thiophene rings is 1. The van der Waals surface area contributed by atoms with Crippen molar-refractivity contribution in [2.75, 3.05) is 6.54 Å². The fourth-order valence-corrected chi connectivity index (χ4v) is 5.83. The maximum absolute atomic E-state index is 13.6. The molecule has 4 rings (SSSR count). The van der Waals surface area contributed by atoms with Gasteiger partial charge in [-0.3, -0.25) is 0 Å². The Morgan fingerprint density at radius 3 is 2.60 bits per heavy atom. The molecular formula is C19H16FNO2S2. The highest BCUT2D eigenvalue weighted by molar-refractivity contribution is 7.89. The van der Waals surface area contributed by atoms with Gasteiger partial charge in [-0.25, -0.2) is 12.8 Å². The number of rotatable bonds is 3. The van der Waals surface area contributed by atoms with Gasteiger partial charge in [-0.2, -0.15) is 4.31 Å². The molecule has 6 heteroatoms. The number of sulfonamides is 1. The Bertz CT molecular complexity index is 999. The third-order valence-electron chi connectivity index (χ3n) is 4.44. The second-order valence-electron chi connectivity index (χ2n) is 5.94. The Kier molecular flexibility index (Phi) is 4.19. The average molecular weight is 373 g/mol. The summed E-state index contributed by atoms with van der Waals surface area (Å²) < 4.78 is 41.5.